The fourth-order valence-corrected chi connectivity index (χ4v) is 8.19. The number of benzene rings is 4. The molecule has 4 aliphatic carbocycles. The molecule has 0 aliphatic heterocycles. The lowest BCUT2D eigenvalue weighted by atomic mass is 9.42. The third-order valence-electron chi connectivity index (χ3n) is 9.22. The van der Waals surface area contributed by atoms with Crippen LogP contribution >= 0.6 is 0 Å². The lowest BCUT2D eigenvalue weighted by molar-refractivity contribution is -0.0281. The molecule has 4 atom stereocenters. The Hall–Kier alpha value is -3.39. The molecule has 2 nitrogen and oxygen atoms in total. The molecule has 0 aromatic heterocycles. The number of phenolic OH excluding ortho intramolecular Hbond substituents is 1. The van der Waals surface area contributed by atoms with E-state index in [-0.39, 0.29) is 5.75 Å². The van der Waals surface area contributed by atoms with Crippen LogP contribution in [0.1, 0.15) is 55.2 Å². The van der Waals surface area contributed by atoms with Gasteiger partial charge in [0.05, 0.1) is 5.69 Å². The molecule has 0 amide bonds. The molecule has 4 bridgehead atoms. The first-order chi connectivity index (χ1) is 17.1. The zero-order chi connectivity index (χ0) is 23.5. The maximum atomic E-state index is 10.5. The maximum Gasteiger partial charge on any atom is 0.124 e. The van der Waals surface area contributed by atoms with Crippen LogP contribution < -0.4 is 0 Å². The Morgan fingerprint density at radius 2 is 1.31 bits per heavy atom. The normalized spacial score (nSPS) is 29.3. The van der Waals surface area contributed by atoms with Crippen LogP contribution in [0.3, 0.4) is 0 Å². The van der Waals surface area contributed by atoms with Gasteiger partial charge < -0.3 is 5.11 Å². The Balaban J connectivity index is 1.20. The van der Waals surface area contributed by atoms with Crippen LogP contribution in [-0.4, -0.2) is 11.3 Å². The van der Waals surface area contributed by atoms with Crippen molar-refractivity contribution < 1.29 is 5.11 Å². The second-order valence-corrected chi connectivity index (χ2v) is 11.4. The first kappa shape index (κ1) is 20.9. The van der Waals surface area contributed by atoms with Gasteiger partial charge in [-0.2, -0.15) is 0 Å². The molecule has 35 heavy (non-hydrogen) atoms. The molecule has 2 heteroatoms. The Morgan fingerprint density at radius 1 is 0.686 bits per heavy atom. The van der Waals surface area contributed by atoms with Gasteiger partial charge in [0.25, 0.3) is 0 Å². The minimum atomic E-state index is 0.267. The highest BCUT2D eigenvalue weighted by atomic mass is 16.3. The minimum Gasteiger partial charge on any atom is -0.507 e. The van der Waals surface area contributed by atoms with Crippen LogP contribution in [0.2, 0.25) is 0 Å². The lowest BCUT2D eigenvalue weighted by Crippen LogP contribution is -2.55. The van der Waals surface area contributed by atoms with Crippen LogP contribution in [0.25, 0.3) is 10.8 Å². The fraction of sp³-hybridized carbons (Fsp3) is 0.303. The summed E-state index contributed by atoms with van der Waals surface area (Å²) in [5.41, 5.74) is 5.43. The van der Waals surface area contributed by atoms with E-state index >= 15 is 0 Å². The predicted molar refractivity (Wildman–Crippen MR) is 144 cm³/mol. The van der Waals surface area contributed by atoms with Gasteiger partial charge in [-0.15, -0.1) is 0 Å². The molecule has 0 spiro atoms. The number of phenols is 1. The van der Waals surface area contributed by atoms with Crippen LogP contribution in [0, 0.1) is 11.8 Å². The number of fused-ring (bicyclic) bond motifs is 1. The van der Waals surface area contributed by atoms with Crippen LogP contribution in [0.5, 0.6) is 5.75 Å². The predicted octanol–water partition coefficient (Wildman–Crippen LogP) is 8.09. The standard InChI is InChI=1S/C33H31NO/c35-31-15-10-25-6-4-5-9-29(25)30(31)21-34-28-13-11-27(12-14-28)33-19-23-16-24(20-33)18-32(17-23,22-33)26-7-2-1-3-8-26/h1-15,21,23-24,35H,16-20,22H2/t23-,24+,32?,33?. The van der Waals surface area contributed by atoms with Gasteiger partial charge in [-0.3, -0.25) is 4.99 Å². The van der Waals surface area contributed by atoms with Gasteiger partial charge in [0.1, 0.15) is 5.75 Å². The van der Waals surface area contributed by atoms with E-state index in [4.69, 9.17) is 4.99 Å². The minimum absolute atomic E-state index is 0.267. The number of hydrogen-bond donors (Lipinski definition) is 1. The molecule has 4 aromatic carbocycles. The van der Waals surface area contributed by atoms with E-state index in [2.05, 4.69) is 60.7 Å². The van der Waals surface area contributed by atoms with Gasteiger partial charge in [-0.1, -0.05) is 72.8 Å². The molecule has 4 aromatic rings. The zero-order valence-electron chi connectivity index (χ0n) is 20.0. The van der Waals surface area contributed by atoms with Crippen molar-refractivity contribution in [3.05, 3.63) is 108 Å². The molecule has 1 N–H and O–H groups in total. The van der Waals surface area contributed by atoms with E-state index in [0.717, 1.165) is 33.9 Å². The van der Waals surface area contributed by atoms with Gasteiger partial charge >= 0.3 is 0 Å². The molecular formula is C33H31NO. The largest absolute Gasteiger partial charge is 0.507 e. The van der Waals surface area contributed by atoms with Crippen molar-refractivity contribution in [3.8, 4) is 5.75 Å². The van der Waals surface area contributed by atoms with Crippen LogP contribution in [-0.2, 0) is 10.8 Å². The molecular weight excluding hydrogens is 426 g/mol. The molecule has 4 fully saturated rings. The van der Waals surface area contributed by atoms with Gasteiger partial charge in [0, 0.05) is 11.8 Å². The number of rotatable bonds is 4. The second-order valence-electron chi connectivity index (χ2n) is 11.4. The molecule has 174 valence electrons. The van der Waals surface area contributed by atoms with E-state index in [1.807, 2.05) is 30.5 Å². The van der Waals surface area contributed by atoms with Gasteiger partial charge in [0.2, 0.25) is 0 Å². The molecule has 4 saturated carbocycles. The molecule has 4 aliphatic rings. The highest BCUT2D eigenvalue weighted by Crippen LogP contribution is 2.66. The quantitative estimate of drug-likeness (QED) is 0.309. The van der Waals surface area contributed by atoms with E-state index in [0.29, 0.717) is 10.8 Å². The molecule has 0 saturated heterocycles. The second kappa shape index (κ2) is 7.81. The Bertz CT molecular complexity index is 1400. The highest BCUT2D eigenvalue weighted by molar-refractivity contribution is 6.02. The Labute approximate surface area is 207 Å². The summed E-state index contributed by atoms with van der Waals surface area (Å²) in [6.07, 6.45) is 9.92. The summed E-state index contributed by atoms with van der Waals surface area (Å²) in [5, 5.41) is 12.6. The smallest absolute Gasteiger partial charge is 0.124 e. The zero-order valence-corrected chi connectivity index (χ0v) is 20.0. The average Bonchev–Trinajstić information content (AvgIpc) is 2.88. The first-order valence-corrected chi connectivity index (χ1v) is 13.0. The van der Waals surface area contributed by atoms with Crippen LogP contribution in [0.4, 0.5) is 5.69 Å². The van der Waals surface area contributed by atoms with Crippen molar-refractivity contribution in [2.24, 2.45) is 16.8 Å². The van der Waals surface area contributed by atoms with Crippen molar-refractivity contribution in [2.45, 2.75) is 49.4 Å². The summed E-state index contributed by atoms with van der Waals surface area (Å²) in [6, 6.07) is 32.2. The Morgan fingerprint density at radius 3 is 2.03 bits per heavy atom. The first-order valence-electron chi connectivity index (χ1n) is 13.0. The number of nitrogens with zero attached hydrogens (tertiary/aromatic N) is 1. The van der Waals surface area contributed by atoms with Gasteiger partial charge in [-0.25, -0.2) is 0 Å². The van der Waals surface area contributed by atoms with Crippen molar-refractivity contribution in [2.75, 3.05) is 0 Å². The molecule has 0 radical (unpaired) electrons. The van der Waals surface area contributed by atoms with E-state index in [9.17, 15) is 5.11 Å². The summed E-state index contributed by atoms with van der Waals surface area (Å²) < 4.78 is 0. The monoisotopic (exact) mass is 457 g/mol. The van der Waals surface area contributed by atoms with E-state index < -0.39 is 0 Å². The summed E-state index contributed by atoms with van der Waals surface area (Å²) in [4.78, 5) is 4.75. The molecule has 8 rings (SSSR count). The number of aromatic hydroxyl groups is 1. The summed E-state index contributed by atoms with van der Waals surface area (Å²) in [7, 11) is 0. The third kappa shape index (κ3) is 3.42. The van der Waals surface area contributed by atoms with E-state index in [1.54, 1.807) is 11.6 Å². The highest BCUT2D eigenvalue weighted by Gasteiger charge is 2.58. The van der Waals surface area contributed by atoms with Crippen molar-refractivity contribution in [1.82, 2.24) is 0 Å². The molecule has 2 unspecified atom stereocenters. The van der Waals surface area contributed by atoms with Crippen molar-refractivity contribution in [3.63, 3.8) is 0 Å². The van der Waals surface area contributed by atoms with Gasteiger partial charge in [-0.05, 0) is 101 Å². The van der Waals surface area contributed by atoms with Crippen molar-refractivity contribution in [1.29, 1.82) is 0 Å². The summed E-state index contributed by atoms with van der Waals surface area (Å²) >= 11 is 0. The topological polar surface area (TPSA) is 32.6 Å². The SMILES string of the molecule is Oc1ccc2ccccc2c1C=Nc1ccc(C23C[C@@H]4C[C@@H](CC(c5ccccc5)(C4)C2)C3)cc1. The average molecular weight is 458 g/mol. The maximum absolute atomic E-state index is 10.5. The number of aliphatic imine (C=N–C) groups is 1. The Kier molecular flexibility index (Phi) is 4.67. The van der Waals surface area contributed by atoms with Crippen LogP contribution in [0.15, 0.2) is 96.0 Å². The van der Waals surface area contributed by atoms with E-state index in [1.165, 1.54) is 44.1 Å². The summed E-state index contributed by atoms with van der Waals surface area (Å²) in [6.45, 7) is 0. The summed E-state index contributed by atoms with van der Waals surface area (Å²) in [5.74, 6) is 1.97. The lowest BCUT2D eigenvalue weighted by Gasteiger charge is -2.62. The molecule has 0 heterocycles. The fourth-order valence-electron chi connectivity index (χ4n) is 8.19. The van der Waals surface area contributed by atoms with Gasteiger partial charge in [0.15, 0.2) is 0 Å². The third-order valence-corrected chi connectivity index (χ3v) is 9.22. The van der Waals surface area contributed by atoms with Crippen molar-refractivity contribution >= 4 is 22.7 Å². The number of hydrogen-bond acceptors (Lipinski definition) is 2.